The molecule has 0 bridgehead atoms. The zero-order chi connectivity index (χ0) is 23.0. The van der Waals surface area contributed by atoms with E-state index in [0.717, 1.165) is 25.7 Å². The number of esters is 2. The van der Waals surface area contributed by atoms with Crippen molar-refractivity contribution in [3.05, 3.63) is 58.2 Å². The number of benzene rings is 1. The lowest BCUT2D eigenvalue weighted by molar-refractivity contribution is -0.151. The van der Waals surface area contributed by atoms with Crippen LogP contribution in [0.15, 0.2) is 46.8 Å². The van der Waals surface area contributed by atoms with Gasteiger partial charge < -0.3 is 14.8 Å². The fourth-order valence-corrected chi connectivity index (χ4v) is 5.16. The molecule has 6 nitrogen and oxygen atoms in total. The Morgan fingerprint density at radius 3 is 2.41 bits per heavy atom. The molecule has 0 saturated heterocycles. The largest absolute Gasteiger partial charge is 0.468 e. The predicted octanol–water partition coefficient (Wildman–Crippen LogP) is 3.92. The molecule has 0 amide bonds. The number of hydrogen-bond donors (Lipinski definition) is 1. The molecule has 1 N–H and O–H groups in total. The third kappa shape index (κ3) is 3.96. The van der Waals surface area contributed by atoms with Gasteiger partial charge in [-0.15, -0.1) is 0 Å². The topological polar surface area (TPSA) is 81.7 Å². The van der Waals surface area contributed by atoms with Gasteiger partial charge in [0.1, 0.15) is 17.8 Å². The molecule has 0 radical (unpaired) electrons. The maximum Gasteiger partial charge on any atom is 0.337 e. The van der Waals surface area contributed by atoms with E-state index in [4.69, 9.17) is 9.47 Å². The van der Waals surface area contributed by atoms with Crippen molar-refractivity contribution in [3.63, 3.8) is 0 Å². The Morgan fingerprint density at radius 1 is 1.12 bits per heavy atom. The number of dihydropyridines is 1. The fraction of sp³-hybridized carbons (Fsp3) is 0.480. The van der Waals surface area contributed by atoms with Crippen LogP contribution in [0.4, 0.5) is 4.39 Å². The van der Waals surface area contributed by atoms with Gasteiger partial charge in [-0.05, 0) is 62.6 Å². The summed E-state index contributed by atoms with van der Waals surface area (Å²) in [6.07, 6.45) is 3.99. The SMILES string of the molecule is COC(=O)[C@H]1C(=O)C2=C(C[C@H]1C)NC(C)=C(C(=O)OC1CCCC1)[C@@H]2c1ccc(F)cc1. The standard InChI is InChI=1S/C25H28FNO5/c1-13-12-18-22(23(28)19(13)24(29)31-3)21(15-8-10-16(26)11-9-15)20(14(2)27-18)25(30)32-17-6-4-5-7-17/h8-11,13,17,19,21,27H,4-7,12H2,1-3H3/t13-,19-,21+/m1/s1. The van der Waals surface area contributed by atoms with Crippen molar-refractivity contribution >= 4 is 17.7 Å². The molecule has 7 heteroatoms. The van der Waals surface area contributed by atoms with Crippen molar-refractivity contribution in [2.75, 3.05) is 7.11 Å². The number of nitrogens with one attached hydrogen (secondary N) is 1. The van der Waals surface area contributed by atoms with Crippen molar-refractivity contribution in [2.24, 2.45) is 11.8 Å². The second-order valence-corrected chi connectivity index (χ2v) is 8.90. The van der Waals surface area contributed by atoms with E-state index in [-0.39, 0.29) is 17.8 Å². The molecule has 1 aliphatic heterocycles. The van der Waals surface area contributed by atoms with E-state index < -0.39 is 29.6 Å². The maximum atomic E-state index is 13.7. The molecule has 1 aromatic carbocycles. The number of Topliss-reactive ketones (excluding diaryl/α,β-unsaturated/α-hetero) is 1. The van der Waals surface area contributed by atoms with Crippen molar-refractivity contribution in [1.82, 2.24) is 5.32 Å². The summed E-state index contributed by atoms with van der Waals surface area (Å²) in [5.41, 5.74) is 2.58. The third-order valence-corrected chi connectivity index (χ3v) is 6.74. The lowest BCUT2D eigenvalue weighted by Crippen LogP contribution is -2.43. The zero-order valence-corrected chi connectivity index (χ0v) is 18.6. The fourth-order valence-electron chi connectivity index (χ4n) is 5.16. The first-order valence-corrected chi connectivity index (χ1v) is 11.1. The summed E-state index contributed by atoms with van der Waals surface area (Å²) in [6, 6.07) is 5.76. The van der Waals surface area contributed by atoms with Crippen LogP contribution in [0.5, 0.6) is 0 Å². The first-order valence-electron chi connectivity index (χ1n) is 11.1. The molecule has 170 valence electrons. The molecular formula is C25H28FNO5. The molecule has 32 heavy (non-hydrogen) atoms. The Balaban J connectivity index is 1.79. The number of ketones is 1. The summed E-state index contributed by atoms with van der Waals surface area (Å²) < 4.78 is 24.4. The van der Waals surface area contributed by atoms with Gasteiger partial charge in [-0.1, -0.05) is 19.1 Å². The molecule has 2 aliphatic carbocycles. The first-order chi connectivity index (χ1) is 15.3. The van der Waals surface area contributed by atoms with Crippen molar-refractivity contribution in [2.45, 2.75) is 58.0 Å². The number of carbonyl (C=O) groups is 3. The highest BCUT2D eigenvalue weighted by Crippen LogP contribution is 2.45. The van der Waals surface area contributed by atoms with Gasteiger partial charge in [0, 0.05) is 22.9 Å². The highest BCUT2D eigenvalue weighted by molar-refractivity contribution is 6.12. The average Bonchev–Trinajstić information content (AvgIpc) is 3.26. The monoisotopic (exact) mass is 441 g/mol. The van der Waals surface area contributed by atoms with Gasteiger partial charge in [0.25, 0.3) is 0 Å². The second-order valence-electron chi connectivity index (χ2n) is 8.90. The summed E-state index contributed by atoms with van der Waals surface area (Å²) in [6.45, 7) is 3.62. The van der Waals surface area contributed by atoms with E-state index in [2.05, 4.69) is 5.32 Å². The third-order valence-electron chi connectivity index (χ3n) is 6.74. The predicted molar refractivity (Wildman–Crippen MR) is 115 cm³/mol. The highest BCUT2D eigenvalue weighted by Gasteiger charge is 2.47. The van der Waals surface area contributed by atoms with Gasteiger partial charge in [0.15, 0.2) is 5.78 Å². The maximum absolute atomic E-state index is 13.7. The van der Waals surface area contributed by atoms with Crippen LogP contribution in [0.1, 0.15) is 57.4 Å². The molecule has 3 aliphatic rings. The van der Waals surface area contributed by atoms with Crippen LogP contribution in [0.3, 0.4) is 0 Å². The number of carbonyl (C=O) groups excluding carboxylic acids is 3. The smallest absolute Gasteiger partial charge is 0.337 e. The minimum Gasteiger partial charge on any atom is -0.468 e. The molecule has 1 saturated carbocycles. The van der Waals surface area contributed by atoms with Gasteiger partial charge in [-0.25, -0.2) is 9.18 Å². The summed E-state index contributed by atoms with van der Waals surface area (Å²) >= 11 is 0. The molecule has 0 aromatic heterocycles. The number of halogens is 1. The molecular weight excluding hydrogens is 413 g/mol. The minimum absolute atomic E-state index is 0.142. The molecule has 1 fully saturated rings. The van der Waals surface area contributed by atoms with Crippen LogP contribution in [0.25, 0.3) is 0 Å². The number of allylic oxidation sites excluding steroid dienone is 3. The van der Waals surface area contributed by atoms with Gasteiger partial charge in [-0.2, -0.15) is 0 Å². The lowest BCUT2D eigenvalue weighted by atomic mass is 9.69. The van der Waals surface area contributed by atoms with Gasteiger partial charge in [0.2, 0.25) is 0 Å². The minimum atomic E-state index is -0.950. The van der Waals surface area contributed by atoms with Gasteiger partial charge in [0.05, 0.1) is 12.7 Å². The van der Waals surface area contributed by atoms with E-state index in [1.54, 1.807) is 19.1 Å². The van der Waals surface area contributed by atoms with Crippen LogP contribution in [0.2, 0.25) is 0 Å². The van der Waals surface area contributed by atoms with Crippen molar-refractivity contribution in [1.29, 1.82) is 0 Å². The van der Waals surface area contributed by atoms with Gasteiger partial charge >= 0.3 is 11.9 Å². The lowest BCUT2D eigenvalue weighted by Gasteiger charge is -2.38. The molecule has 0 unspecified atom stereocenters. The summed E-state index contributed by atoms with van der Waals surface area (Å²) in [5.74, 6) is -3.80. The quantitative estimate of drug-likeness (QED) is 0.563. The molecule has 0 spiro atoms. The highest BCUT2D eigenvalue weighted by atomic mass is 19.1. The second kappa shape index (κ2) is 8.88. The summed E-state index contributed by atoms with van der Waals surface area (Å²) in [5, 5.41) is 3.24. The molecule has 1 heterocycles. The van der Waals surface area contributed by atoms with E-state index in [0.29, 0.717) is 34.5 Å². The summed E-state index contributed by atoms with van der Waals surface area (Å²) in [7, 11) is 1.26. The normalized spacial score (nSPS) is 26.0. The van der Waals surface area contributed by atoms with Crippen LogP contribution in [-0.4, -0.2) is 30.9 Å². The Labute approximate surface area is 186 Å². The zero-order valence-electron chi connectivity index (χ0n) is 18.6. The molecule has 3 atom stereocenters. The van der Waals surface area contributed by atoms with Crippen LogP contribution in [-0.2, 0) is 23.9 Å². The number of rotatable bonds is 4. The van der Waals surface area contributed by atoms with Crippen molar-refractivity contribution < 1.29 is 28.2 Å². The van der Waals surface area contributed by atoms with E-state index in [9.17, 15) is 18.8 Å². The average molecular weight is 441 g/mol. The van der Waals surface area contributed by atoms with Gasteiger partial charge in [-0.3, -0.25) is 9.59 Å². The van der Waals surface area contributed by atoms with E-state index in [1.807, 2.05) is 6.92 Å². The number of methoxy groups -OCH3 is 1. The number of hydrogen-bond acceptors (Lipinski definition) is 6. The van der Waals surface area contributed by atoms with E-state index >= 15 is 0 Å². The Morgan fingerprint density at radius 2 is 1.78 bits per heavy atom. The van der Waals surface area contributed by atoms with Crippen LogP contribution >= 0.6 is 0 Å². The summed E-state index contributed by atoms with van der Waals surface area (Å²) in [4.78, 5) is 39.3. The van der Waals surface area contributed by atoms with Crippen LogP contribution in [0, 0.1) is 17.7 Å². The number of ether oxygens (including phenoxy) is 2. The first kappa shape index (κ1) is 22.2. The Hall–Kier alpha value is -2.96. The Bertz CT molecular complexity index is 1000. The van der Waals surface area contributed by atoms with Crippen LogP contribution < -0.4 is 5.32 Å². The molecule has 1 aromatic rings. The van der Waals surface area contributed by atoms with E-state index in [1.165, 1.54) is 19.2 Å². The molecule has 4 rings (SSSR count). The Kier molecular flexibility index (Phi) is 6.17. The van der Waals surface area contributed by atoms with Crippen molar-refractivity contribution in [3.8, 4) is 0 Å².